The Morgan fingerprint density at radius 2 is 1.47 bits per heavy atom. The molecule has 1 nitrogen and oxygen atoms in total. The van der Waals surface area contributed by atoms with Crippen molar-refractivity contribution < 1.29 is 5.11 Å². The van der Waals surface area contributed by atoms with E-state index in [9.17, 15) is 5.11 Å². The van der Waals surface area contributed by atoms with E-state index in [1.807, 2.05) is 19.4 Å². The molecule has 9 unspecified atom stereocenters. The van der Waals surface area contributed by atoms with Gasteiger partial charge >= 0.3 is 0 Å². The van der Waals surface area contributed by atoms with E-state index in [2.05, 4.69) is 70.2 Å². The molecule has 2 heteroatoms. The van der Waals surface area contributed by atoms with Gasteiger partial charge in [-0.3, -0.25) is 0 Å². The number of aliphatic hydroxyl groups is 1. The first kappa shape index (κ1) is 25.5. The van der Waals surface area contributed by atoms with Gasteiger partial charge in [-0.05, 0) is 103 Å². The van der Waals surface area contributed by atoms with Crippen LogP contribution < -0.4 is 0 Å². The van der Waals surface area contributed by atoms with Gasteiger partial charge in [0.1, 0.15) is 0 Å². The van der Waals surface area contributed by atoms with Crippen molar-refractivity contribution in [3.63, 3.8) is 0 Å². The summed E-state index contributed by atoms with van der Waals surface area (Å²) in [7, 11) is 0. The summed E-state index contributed by atoms with van der Waals surface area (Å²) in [6, 6.07) is 0. The first-order valence-corrected chi connectivity index (χ1v) is 15.0. The highest BCUT2D eigenvalue weighted by Crippen LogP contribution is 2.73. The van der Waals surface area contributed by atoms with Crippen LogP contribution in [0.3, 0.4) is 0 Å². The van der Waals surface area contributed by atoms with Crippen LogP contribution in [0.2, 0.25) is 0 Å². The highest BCUT2D eigenvalue weighted by Gasteiger charge is 2.66. The third-order valence-electron chi connectivity index (χ3n) is 12.0. The zero-order valence-electron chi connectivity index (χ0n) is 22.4. The van der Waals surface area contributed by atoms with E-state index < -0.39 is 0 Å². The minimum absolute atomic E-state index is 0.0622. The fraction of sp³-hybridized carbons (Fsp3) is 0.933. The molecule has 0 aromatic heterocycles. The predicted molar refractivity (Wildman–Crippen MR) is 146 cm³/mol. The van der Waals surface area contributed by atoms with Crippen molar-refractivity contribution in [1.29, 1.82) is 0 Å². The maximum Gasteiger partial charge on any atom is 0.0594 e. The lowest BCUT2D eigenvalue weighted by atomic mass is 9.37. The van der Waals surface area contributed by atoms with Gasteiger partial charge in [0.05, 0.1) is 6.10 Å². The minimum atomic E-state index is -0.119. The third-order valence-corrected chi connectivity index (χ3v) is 14.4. The number of aliphatic hydroxyl groups excluding tert-OH is 1. The van der Waals surface area contributed by atoms with Gasteiger partial charge in [-0.2, -0.15) is 0 Å². The highest BCUT2D eigenvalue weighted by atomic mass is 127. The summed E-state index contributed by atoms with van der Waals surface area (Å²) < 4.78 is 0.388. The second-order valence-corrected chi connectivity index (χ2v) is 15.6. The van der Waals surface area contributed by atoms with Gasteiger partial charge < -0.3 is 5.11 Å². The van der Waals surface area contributed by atoms with Crippen molar-refractivity contribution in [2.45, 2.75) is 129 Å². The zero-order chi connectivity index (χ0) is 23.7. The van der Waals surface area contributed by atoms with E-state index >= 15 is 0 Å². The van der Waals surface area contributed by atoms with E-state index in [1.54, 1.807) is 0 Å². The summed E-state index contributed by atoms with van der Waals surface area (Å²) in [5.41, 5.74) is 3.28. The molecule has 0 bridgehead atoms. The number of allylic oxidation sites excluding steroid dienone is 2. The van der Waals surface area contributed by atoms with Crippen molar-refractivity contribution in [2.75, 3.05) is 0 Å². The Bertz CT molecular complexity index is 756. The van der Waals surface area contributed by atoms with Gasteiger partial charge in [0, 0.05) is 3.42 Å². The maximum absolute atomic E-state index is 10.8. The quantitative estimate of drug-likeness (QED) is 0.180. The monoisotopic (exact) mass is 554 g/mol. The first-order valence-electron chi connectivity index (χ1n) is 14.0. The molecule has 1 N–H and O–H groups in total. The van der Waals surface area contributed by atoms with Gasteiger partial charge in [-0.15, -0.1) is 0 Å². The molecule has 32 heavy (non-hydrogen) atoms. The number of fused-ring (bicyclic) bond motifs is 7. The molecule has 0 aliphatic heterocycles. The smallest absolute Gasteiger partial charge is 0.0594 e. The molecule has 4 fully saturated rings. The zero-order valence-corrected chi connectivity index (χ0v) is 24.5. The normalized spacial score (nSPS) is 53.9. The van der Waals surface area contributed by atoms with Crippen molar-refractivity contribution in [2.24, 2.45) is 45.3 Å². The number of hydrogen-bond donors (Lipinski definition) is 1. The largest absolute Gasteiger partial charge is 0.393 e. The van der Waals surface area contributed by atoms with Crippen LogP contribution in [0.15, 0.2) is 11.6 Å². The van der Waals surface area contributed by atoms with E-state index in [-0.39, 0.29) is 11.5 Å². The van der Waals surface area contributed by atoms with Gasteiger partial charge in [-0.25, -0.2) is 0 Å². The van der Waals surface area contributed by atoms with Crippen LogP contribution in [-0.2, 0) is 0 Å². The summed E-state index contributed by atoms with van der Waals surface area (Å²) in [5, 5.41) is 10.8. The van der Waals surface area contributed by atoms with Crippen LogP contribution in [-0.4, -0.2) is 14.6 Å². The maximum atomic E-state index is 10.8. The van der Waals surface area contributed by atoms with Crippen molar-refractivity contribution in [1.82, 2.24) is 0 Å². The molecule has 184 valence electrons. The van der Waals surface area contributed by atoms with Gasteiger partial charge in [-0.1, -0.05) is 96.1 Å². The minimum Gasteiger partial charge on any atom is -0.393 e. The van der Waals surface area contributed by atoms with Gasteiger partial charge in [0.25, 0.3) is 0 Å². The Labute approximate surface area is 213 Å². The molecular weight excluding hydrogens is 503 g/mol. The molecule has 5 aliphatic rings. The molecule has 0 aromatic rings. The lowest BCUT2D eigenvalue weighted by Gasteiger charge is -2.69. The SMILES string of the molecule is CC.CC1CCC2(C)CCC3C(=CCC4C3(C)CCC3C(C)(C)C(O)CCC34C)C2(I)C1. The van der Waals surface area contributed by atoms with E-state index in [4.69, 9.17) is 0 Å². The Morgan fingerprint density at radius 1 is 0.844 bits per heavy atom. The lowest BCUT2D eigenvalue weighted by molar-refractivity contribution is -0.184. The van der Waals surface area contributed by atoms with Crippen LogP contribution in [0.5, 0.6) is 0 Å². The molecule has 0 heterocycles. The van der Waals surface area contributed by atoms with E-state index in [0.29, 0.717) is 25.6 Å². The fourth-order valence-electron chi connectivity index (χ4n) is 10.0. The van der Waals surface area contributed by atoms with Gasteiger partial charge in [0.2, 0.25) is 0 Å². The number of rotatable bonds is 0. The average molecular weight is 555 g/mol. The van der Waals surface area contributed by atoms with Crippen LogP contribution in [0.25, 0.3) is 0 Å². The standard InChI is InChI=1S/C28H45IO.C2H6/c1-18-9-13-25(4)14-10-19-20(28(25,29)17-18)7-8-22-26(19,5)15-11-21-24(2,3)23(30)12-16-27(21,22)6;1-2/h7,18-19,21-23,30H,8-17H2,1-6H3;1-2H3. The van der Waals surface area contributed by atoms with Crippen LogP contribution in [0.4, 0.5) is 0 Å². The second kappa shape index (κ2) is 8.24. The Kier molecular flexibility index (Phi) is 6.57. The van der Waals surface area contributed by atoms with Crippen molar-refractivity contribution in [3.8, 4) is 0 Å². The Balaban J connectivity index is 0.00000119. The molecule has 0 amide bonds. The molecule has 0 radical (unpaired) electrons. The third kappa shape index (κ3) is 3.30. The van der Waals surface area contributed by atoms with Crippen LogP contribution in [0, 0.1) is 45.3 Å². The summed E-state index contributed by atoms with van der Waals surface area (Å²) in [6.45, 7) is 19.2. The number of alkyl halides is 1. The summed E-state index contributed by atoms with van der Waals surface area (Å²) in [4.78, 5) is 0. The molecular formula is C30H51IO. The average Bonchev–Trinajstić information content (AvgIpc) is 2.73. The Hall–Kier alpha value is 0.430. The van der Waals surface area contributed by atoms with Crippen LogP contribution in [0.1, 0.15) is 120 Å². The summed E-state index contributed by atoms with van der Waals surface area (Å²) in [5.74, 6) is 3.11. The number of hydrogen-bond acceptors (Lipinski definition) is 1. The fourth-order valence-corrected chi connectivity index (χ4v) is 11.9. The van der Waals surface area contributed by atoms with Crippen molar-refractivity contribution in [3.05, 3.63) is 11.6 Å². The lowest BCUT2D eigenvalue weighted by Crippen LogP contribution is -2.63. The second-order valence-electron chi connectivity index (χ2n) is 13.7. The molecule has 5 aliphatic carbocycles. The van der Waals surface area contributed by atoms with E-state index in [0.717, 1.165) is 24.2 Å². The predicted octanol–water partition coefficient (Wildman–Crippen LogP) is 8.97. The molecule has 0 saturated heterocycles. The first-order chi connectivity index (χ1) is 14.9. The number of halogens is 1. The molecule has 4 saturated carbocycles. The highest BCUT2D eigenvalue weighted by molar-refractivity contribution is 14.1. The molecule has 9 atom stereocenters. The van der Waals surface area contributed by atoms with Gasteiger partial charge in [0.15, 0.2) is 0 Å². The summed E-state index contributed by atoms with van der Waals surface area (Å²) >= 11 is 2.95. The van der Waals surface area contributed by atoms with Crippen molar-refractivity contribution >= 4 is 22.6 Å². The van der Waals surface area contributed by atoms with E-state index in [1.165, 1.54) is 57.8 Å². The molecule has 5 rings (SSSR count). The molecule has 0 aromatic carbocycles. The Morgan fingerprint density at radius 3 is 2.16 bits per heavy atom. The summed E-state index contributed by atoms with van der Waals surface area (Å²) in [6.07, 6.45) is 16.0. The van der Waals surface area contributed by atoms with Crippen LogP contribution >= 0.6 is 22.6 Å². The topological polar surface area (TPSA) is 20.2 Å². The molecule has 0 spiro atoms.